The van der Waals surface area contributed by atoms with Crippen molar-refractivity contribution in [3.8, 4) is 0 Å². The van der Waals surface area contributed by atoms with Crippen LogP contribution in [0.1, 0.15) is 6.92 Å². The molecule has 0 rings (SSSR count). The third kappa shape index (κ3) is 3.07. The SMILES string of the molecule is C=CCOC(=O)C(C)C=C. The number of ether oxygens (including phenoxy) is 1. The Labute approximate surface area is 61.2 Å². The van der Waals surface area contributed by atoms with E-state index in [1.54, 1.807) is 13.0 Å². The zero-order valence-corrected chi connectivity index (χ0v) is 6.17. The summed E-state index contributed by atoms with van der Waals surface area (Å²) in [6.45, 7) is 8.89. The van der Waals surface area contributed by atoms with E-state index in [9.17, 15) is 4.79 Å². The first-order valence-electron chi connectivity index (χ1n) is 3.12. The lowest BCUT2D eigenvalue weighted by molar-refractivity contribution is -0.144. The summed E-state index contributed by atoms with van der Waals surface area (Å²) < 4.78 is 4.72. The molecule has 2 heteroatoms. The van der Waals surface area contributed by atoms with E-state index in [0.717, 1.165) is 0 Å². The fourth-order valence-electron chi connectivity index (χ4n) is 0.369. The van der Waals surface area contributed by atoms with Gasteiger partial charge < -0.3 is 4.74 Å². The molecule has 0 heterocycles. The highest BCUT2D eigenvalue weighted by atomic mass is 16.5. The van der Waals surface area contributed by atoms with E-state index in [4.69, 9.17) is 4.74 Å². The Morgan fingerprint density at radius 1 is 1.70 bits per heavy atom. The summed E-state index contributed by atoms with van der Waals surface area (Å²) in [4.78, 5) is 10.8. The molecule has 0 aromatic carbocycles. The summed E-state index contributed by atoms with van der Waals surface area (Å²) >= 11 is 0. The van der Waals surface area contributed by atoms with E-state index in [2.05, 4.69) is 13.2 Å². The van der Waals surface area contributed by atoms with Crippen molar-refractivity contribution in [1.82, 2.24) is 0 Å². The van der Waals surface area contributed by atoms with Crippen LogP contribution in [-0.2, 0) is 9.53 Å². The lowest BCUT2D eigenvalue weighted by Gasteiger charge is -2.03. The van der Waals surface area contributed by atoms with Crippen LogP contribution in [0, 0.1) is 5.92 Å². The van der Waals surface area contributed by atoms with E-state index in [0.29, 0.717) is 0 Å². The molecule has 0 bridgehead atoms. The van der Waals surface area contributed by atoms with E-state index < -0.39 is 0 Å². The molecule has 56 valence electrons. The molecule has 0 fully saturated rings. The molecule has 0 saturated heterocycles. The fourth-order valence-corrected chi connectivity index (χ4v) is 0.369. The van der Waals surface area contributed by atoms with Gasteiger partial charge in [-0.25, -0.2) is 0 Å². The van der Waals surface area contributed by atoms with Crippen LogP contribution in [-0.4, -0.2) is 12.6 Å². The molecule has 0 aliphatic rings. The van der Waals surface area contributed by atoms with Gasteiger partial charge in [-0.05, 0) is 6.92 Å². The molecule has 10 heavy (non-hydrogen) atoms. The summed E-state index contributed by atoms with van der Waals surface area (Å²) in [5.74, 6) is -0.477. The van der Waals surface area contributed by atoms with Crippen LogP contribution in [0.25, 0.3) is 0 Å². The van der Waals surface area contributed by atoms with Crippen LogP contribution in [0.2, 0.25) is 0 Å². The zero-order chi connectivity index (χ0) is 7.98. The number of hydrogen-bond donors (Lipinski definition) is 0. The van der Waals surface area contributed by atoms with Gasteiger partial charge in [-0.1, -0.05) is 18.7 Å². The molecule has 1 atom stereocenters. The van der Waals surface area contributed by atoms with Crippen LogP contribution >= 0.6 is 0 Å². The third-order valence-corrected chi connectivity index (χ3v) is 1.07. The monoisotopic (exact) mass is 140 g/mol. The van der Waals surface area contributed by atoms with Crippen molar-refractivity contribution in [3.05, 3.63) is 25.3 Å². The van der Waals surface area contributed by atoms with Gasteiger partial charge in [-0.2, -0.15) is 0 Å². The predicted molar refractivity (Wildman–Crippen MR) is 40.5 cm³/mol. The number of hydrogen-bond acceptors (Lipinski definition) is 2. The van der Waals surface area contributed by atoms with Gasteiger partial charge in [0, 0.05) is 0 Å². The van der Waals surface area contributed by atoms with E-state index in [1.807, 2.05) is 0 Å². The van der Waals surface area contributed by atoms with E-state index in [-0.39, 0.29) is 18.5 Å². The van der Waals surface area contributed by atoms with Crippen molar-refractivity contribution in [2.24, 2.45) is 5.92 Å². The average Bonchev–Trinajstić information content (AvgIpc) is 1.98. The molecule has 0 aliphatic heterocycles. The minimum absolute atomic E-state index is 0.222. The van der Waals surface area contributed by atoms with Gasteiger partial charge in [0.2, 0.25) is 0 Å². The molecule has 0 aliphatic carbocycles. The first kappa shape index (κ1) is 8.95. The Morgan fingerprint density at radius 2 is 2.30 bits per heavy atom. The molecule has 0 aromatic heterocycles. The molecule has 0 aromatic rings. The maximum absolute atomic E-state index is 10.8. The smallest absolute Gasteiger partial charge is 0.312 e. The van der Waals surface area contributed by atoms with Gasteiger partial charge in [0.05, 0.1) is 5.92 Å². The molecular formula is C8H12O2. The fraction of sp³-hybridized carbons (Fsp3) is 0.375. The Kier molecular flexibility index (Phi) is 4.29. The summed E-state index contributed by atoms with van der Waals surface area (Å²) in [6, 6.07) is 0. The summed E-state index contributed by atoms with van der Waals surface area (Å²) in [7, 11) is 0. The Bertz CT molecular complexity index is 138. The van der Waals surface area contributed by atoms with Gasteiger partial charge in [0.25, 0.3) is 0 Å². The van der Waals surface area contributed by atoms with Gasteiger partial charge in [-0.15, -0.1) is 6.58 Å². The predicted octanol–water partition coefficient (Wildman–Crippen LogP) is 1.54. The Hall–Kier alpha value is -1.05. The molecule has 1 unspecified atom stereocenters. The summed E-state index contributed by atoms with van der Waals surface area (Å²) in [5, 5.41) is 0. The highest BCUT2D eigenvalue weighted by Crippen LogP contribution is 1.98. The van der Waals surface area contributed by atoms with Gasteiger partial charge in [-0.3, -0.25) is 4.79 Å². The number of carbonyl (C=O) groups excluding carboxylic acids is 1. The van der Waals surface area contributed by atoms with Crippen LogP contribution in [0.15, 0.2) is 25.3 Å². The first-order chi connectivity index (χ1) is 4.72. The Morgan fingerprint density at radius 3 is 2.70 bits per heavy atom. The second kappa shape index (κ2) is 4.79. The van der Waals surface area contributed by atoms with Crippen molar-refractivity contribution in [2.45, 2.75) is 6.92 Å². The molecular weight excluding hydrogens is 128 g/mol. The van der Waals surface area contributed by atoms with Crippen LogP contribution in [0.3, 0.4) is 0 Å². The van der Waals surface area contributed by atoms with Crippen molar-refractivity contribution in [3.63, 3.8) is 0 Å². The standard InChI is InChI=1S/C8H12O2/c1-4-6-10-8(9)7(3)5-2/h4-5,7H,1-2,6H2,3H3. The molecule has 0 N–H and O–H groups in total. The van der Waals surface area contributed by atoms with Crippen LogP contribution < -0.4 is 0 Å². The van der Waals surface area contributed by atoms with Gasteiger partial charge in [0.1, 0.15) is 6.61 Å². The summed E-state index contributed by atoms with van der Waals surface area (Å²) in [6.07, 6.45) is 3.08. The minimum atomic E-state index is -0.255. The largest absolute Gasteiger partial charge is 0.461 e. The van der Waals surface area contributed by atoms with Crippen molar-refractivity contribution in [2.75, 3.05) is 6.61 Å². The van der Waals surface area contributed by atoms with E-state index in [1.165, 1.54) is 6.08 Å². The normalized spacial score (nSPS) is 11.7. The lowest BCUT2D eigenvalue weighted by atomic mass is 10.2. The molecule has 0 spiro atoms. The zero-order valence-electron chi connectivity index (χ0n) is 6.17. The molecule has 0 radical (unpaired) electrons. The first-order valence-corrected chi connectivity index (χ1v) is 3.12. The molecule has 0 saturated carbocycles. The maximum Gasteiger partial charge on any atom is 0.312 e. The quantitative estimate of drug-likeness (QED) is 0.437. The van der Waals surface area contributed by atoms with Crippen LogP contribution in [0.4, 0.5) is 0 Å². The van der Waals surface area contributed by atoms with Crippen LogP contribution in [0.5, 0.6) is 0 Å². The number of rotatable bonds is 4. The summed E-state index contributed by atoms with van der Waals surface area (Å²) in [5.41, 5.74) is 0. The number of carbonyl (C=O) groups is 1. The van der Waals surface area contributed by atoms with Gasteiger partial charge >= 0.3 is 5.97 Å². The topological polar surface area (TPSA) is 26.3 Å². The molecule has 0 amide bonds. The highest BCUT2D eigenvalue weighted by molar-refractivity contribution is 5.73. The minimum Gasteiger partial charge on any atom is -0.461 e. The maximum atomic E-state index is 10.8. The molecule has 2 nitrogen and oxygen atoms in total. The van der Waals surface area contributed by atoms with E-state index >= 15 is 0 Å². The Balaban J connectivity index is 3.61. The van der Waals surface area contributed by atoms with Crippen molar-refractivity contribution < 1.29 is 9.53 Å². The highest BCUT2D eigenvalue weighted by Gasteiger charge is 2.07. The van der Waals surface area contributed by atoms with Gasteiger partial charge in [0.15, 0.2) is 0 Å². The van der Waals surface area contributed by atoms with Crippen molar-refractivity contribution in [1.29, 1.82) is 0 Å². The second-order valence-corrected chi connectivity index (χ2v) is 1.94. The average molecular weight is 140 g/mol. The second-order valence-electron chi connectivity index (χ2n) is 1.94. The number of esters is 1. The lowest BCUT2D eigenvalue weighted by Crippen LogP contribution is -2.12. The van der Waals surface area contributed by atoms with Crippen molar-refractivity contribution >= 4 is 5.97 Å². The third-order valence-electron chi connectivity index (χ3n) is 1.07.